The van der Waals surface area contributed by atoms with Gasteiger partial charge in [-0.25, -0.2) is 0 Å². The van der Waals surface area contributed by atoms with Gasteiger partial charge in [-0.2, -0.15) is 0 Å². The predicted octanol–water partition coefficient (Wildman–Crippen LogP) is 1.32. The van der Waals surface area contributed by atoms with Crippen LogP contribution in [-0.2, 0) is 0 Å². The van der Waals surface area contributed by atoms with E-state index in [-0.39, 0.29) is 11.5 Å². The molecule has 0 amide bonds. The summed E-state index contributed by atoms with van der Waals surface area (Å²) >= 11 is 5.41. The summed E-state index contributed by atoms with van der Waals surface area (Å²) in [4.78, 5) is 11.8. The zero-order valence-electron chi connectivity index (χ0n) is 6.40. The van der Waals surface area contributed by atoms with Crippen molar-refractivity contribution in [3.8, 4) is 0 Å². The molecule has 0 aromatic carbocycles. The predicted molar refractivity (Wildman–Crippen MR) is 43.7 cm³/mol. The number of carbonyl (C=O) groups excluding carboxylic acids is 1. The van der Waals surface area contributed by atoms with E-state index >= 15 is 0 Å². The van der Waals surface area contributed by atoms with Crippen LogP contribution in [0.1, 0.15) is 23.3 Å². The molecule has 1 aromatic rings. The Morgan fingerprint density at radius 1 is 1.75 bits per heavy atom. The first-order valence-electron chi connectivity index (χ1n) is 3.58. The van der Waals surface area contributed by atoms with Crippen molar-refractivity contribution in [1.82, 2.24) is 9.94 Å². The number of hydrogen-bond donors (Lipinski definition) is 1. The summed E-state index contributed by atoms with van der Waals surface area (Å²) in [5.74, 6) is 0.370. The number of rotatable bonds is 4. The zero-order valence-corrected chi connectivity index (χ0v) is 7.16. The fraction of sp³-hybridized carbons (Fsp3) is 0.429. The van der Waals surface area contributed by atoms with Crippen LogP contribution in [-0.4, -0.2) is 26.8 Å². The average Bonchev–Trinajstić information content (AvgIpc) is 2.47. The first-order valence-corrected chi connectivity index (χ1v) is 4.11. The summed E-state index contributed by atoms with van der Waals surface area (Å²) in [6, 6.07) is 1.47. The van der Waals surface area contributed by atoms with Gasteiger partial charge in [-0.3, -0.25) is 4.79 Å². The van der Waals surface area contributed by atoms with Crippen molar-refractivity contribution in [1.29, 1.82) is 0 Å². The van der Waals surface area contributed by atoms with Crippen LogP contribution in [0.2, 0.25) is 0 Å². The summed E-state index contributed by atoms with van der Waals surface area (Å²) in [7, 11) is 0. The average molecular weight is 189 g/mol. The maximum absolute atomic E-state index is 11.2. The van der Waals surface area contributed by atoms with Crippen molar-refractivity contribution < 1.29 is 10.0 Å². The molecule has 0 aliphatic carbocycles. The molecule has 0 fully saturated rings. The van der Waals surface area contributed by atoms with E-state index in [1.807, 2.05) is 0 Å². The number of aromatic nitrogens is 2. The van der Waals surface area contributed by atoms with E-state index in [0.717, 1.165) is 0 Å². The number of ketones is 1. The van der Waals surface area contributed by atoms with Gasteiger partial charge in [-0.15, -0.1) is 21.5 Å². The summed E-state index contributed by atoms with van der Waals surface area (Å²) in [5, 5.41) is 12.3. The quantitative estimate of drug-likeness (QED) is 0.441. The van der Waals surface area contributed by atoms with Crippen LogP contribution in [0, 0.1) is 0 Å². The Kier molecular flexibility index (Phi) is 3.10. The van der Waals surface area contributed by atoms with Gasteiger partial charge in [0.25, 0.3) is 0 Å². The highest BCUT2D eigenvalue weighted by Crippen LogP contribution is 2.02. The van der Waals surface area contributed by atoms with Crippen molar-refractivity contribution in [3.63, 3.8) is 0 Å². The van der Waals surface area contributed by atoms with Crippen LogP contribution in [0.25, 0.3) is 0 Å². The third-order valence-electron chi connectivity index (χ3n) is 1.40. The first-order chi connectivity index (χ1) is 5.74. The second kappa shape index (κ2) is 4.11. The molecular weight excluding hydrogens is 180 g/mol. The lowest BCUT2D eigenvalue weighted by molar-refractivity contribution is 0.0963. The summed E-state index contributed by atoms with van der Waals surface area (Å²) in [5.41, 5.74) is 0.280. The van der Waals surface area contributed by atoms with Gasteiger partial charge in [0.15, 0.2) is 5.78 Å². The molecule has 5 heteroatoms. The Morgan fingerprint density at radius 3 is 3.00 bits per heavy atom. The molecule has 0 unspecified atom stereocenters. The Balaban J connectivity index is 2.53. The van der Waals surface area contributed by atoms with Gasteiger partial charge in [0.2, 0.25) is 0 Å². The van der Waals surface area contributed by atoms with Gasteiger partial charge in [0, 0.05) is 12.3 Å². The van der Waals surface area contributed by atoms with Crippen LogP contribution < -0.4 is 0 Å². The molecule has 4 nitrogen and oxygen atoms in total. The number of hydrogen-bond acceptors (Lipinski definition) is 3. The summed E-state index contributed by atoms with van der Waals surface area (Å²) in [6.45, 7) is 0. The second-order valence-electron chi connectivity index (χ2n) is 2.34. The maximum atomic E-state index is 11.2. The van der Waals surface area contributed by atoms with E-state index in [4.69, 9.17) is 16.8 Å². The van der Waals surface area contributed by atoms with E-state index in [1.165, 1.54) is 12.3 Å². The third-order valence-corrected chi connectivity index (χ3v) is 1.67. The minimum absolute atomic E-state index is 0.0940. The van der Waals surface area contributed by atoms with Gasteiger partial charge in [-0.1, -0.05) is 0 Å². The maximum Gasteiger partial charge on any atom is 0.183 e. The molecule has 0 saturated heterocycles. The molecule has 12 heavy (non-hydrogen) atoms. The molecule has 1 aromatic heterocycles. The Bertz CT molecular complexity index is 272. The molecule has 1 rings (SSSR count). The molecule has 0 atom stereocenters. The van der Waals surface area contributed by atoms with Crippen molar-refractivity contribution in [2.45, 2.75) is 12.8 Å². The fourth-order valence-electron chi connectivity index (χ4n) is 0.818. The first kappa shape index (κ1) is 9.06. The normalized spacial score (nSPS) is 10.1. The van der Waals surface area contributed by atoms with Crippen molar-refractivity contribution in [3.05, 3.63) is 18.0 Å². The third kappa shape index (κ3) is 2.23. The molecule has 0 saturated carbocycles. The van der Waals surface area contributed by atoms with Crippen LogP contribution >= 0.6 is 11.6 Å². The van der Waals surface area contributed by atoms with Gasteiger partial charge in [-0.05, 0) is 12.5 Å². The molecular formula is C7H9ClN2O2. The lowest BCUT2D eigenvalue weighted by Crippen LogP contribution is -2.01. The molecule has 0 radical (unpaired) electrons. The molecule has 0 aliphatic rings. The van der Waals surface area contributed by atoms with E-state index in [9.17, 15) is 4.79 Å². The van der Waals surface area contributed by atoms with Gasteiger partial charge < -0.3 is 5.21 Å². The number of alkyl halides is 1. The minimum Gasteiger partial charge on any atom is -0.412 e. The van der Waals surface area contributed by atoms with Crippen LogP contribution in [0.4, 0.5) is 0 Å². The Morgan fingerprint density at radius 2 is 2.50 bits per heavy atom. The van der Waals surface area contributed by atoms with Gasteiger partial charge in [0.1, 0.15) is 5.69 Å². The zero-order chi connectivity index (χ0) is 8.97. The van der Waals surface area contributed by atoms with Crippen molar-refractivity contribution in [2.75, 3.05) is 5.88 Å². The topological polar surface area (TPSA) is 55.1 Å². The summed E-state index contributed by atoms with van der Waals surface area (Å²) < 4.78 is 0. The van der Waals surface area contributed by atoms with Crippen LogP contribution in [0.5, 0.6) is 0 Å². The lowest BCUT2D eigenvalue weighted by atomic mass is 10.2. The highest BCUT2D eigenvalue weighted by atomic mass is 35.5. The van der Waals surface area contributed by atoms with E-state index in [2.05, 4.69) is 5.10 Å². The molecule has 0 bridgehead atoms. The van der Waals surface area contributed by atoms with Crippen LogP contribution in [0.15, 0.2) is 12.3 Å². The molecule has 0 spiro atoms. The fourth-order valence-corrected chi connectivity index (χ4v) is 0.952. The van der Waals surface area contributed by atoms with E-state index in [0.29, 0.717) is 23.6 Å². The van der Waals surface area contributed by atoms with Crippen molar-refractivity contribution in [2.24, 2.45) is 0 Å². The largest absolute Gasteiger partial charge is 0.412 e. The summed E-state index contributed by atoms with van der Waals surface area (Å²) in [6.07, 6.45) is 2.33. The Hall–Kier alpha value is -1.03. The van der Waals surface area contributed by atoms with Gasteiger partial charge in [0.05, 0.1) is 6.20 Å². The van der Waals surface area contributed by atoms with Gasteiger partial charge >= 0.3 is 0 Å². The highest BCUT2D eigenvalue weighted by Gasteiger charge is 2.07. The number of halogens is 1. The molecule has 1 N–H and O–H groups in total. The second-order valence-corrected chi connectivity index (χ2v) is 2.72. The van der Waals surface area contributed by atoms with Crippen molar-refractivity contribution >= 4 is 17.4 Å². The SMILES string of the molecule is O=C(CCCCl)c1ccn(O)n1. The van der Waals surface area contributed by atoms with E-state index < -0.39 is 0 Å². The lowest BCUT2D eigenvalue weighted by Gasteiger charge is -1.92. The van der Waals surface area contributed by atoms with E-state index in [1.54, 1.807) is 0 Å². The molecule has 0 aliphatic heterocycles. The standard InChI is InChI=1S/C7H9ClN2O2/c8-4-1-2-7(11)6-3-5-10(12)9-6/h3,5,12H,1-2,4H2. The number of nitrogens with zero attached hydrogens (tertiary/aromatic N) is 2. The monoisotopic (exact) mass is 188 g/mol. The minimum atomic E-state index is -0.0940. The van der Waals surface area contributed by atoms with Crippen LogP contribution in [0.3, 0.4) is 0 Å². The highest BCUT2D eigenvalue weighted by molar-refractivity contribution is 6.18. The molecule has 66 valence electrons. The molecule has 1 heterocycles. The number of Topliss-reactive ketones (excluding diaryl/α,β-unsaturated/α-hetero) is 1. The number of carbonyl (C=O) groups is 1. The smallest absolute Gasteiger partial charge is 0.183 e. The Labute approximate surface area is 74.7 Å².